The van der Waals surface area contributed by atoms with Crippen LogP contribution in [0.3, 0.4) is 0 Å². The maximum atomic E-state index is 12.9. The topological polar surface area (TPSA) is 0 Å². The summed E-state index contributed by atoms with van der Waals surface area (Å²) in [6, 6.07) is 0. The van der Waals surface area contributed by atoms with Gasteiger partial charge in [0.15, 0.2) is 0 Å². The van der Waals surface area contributed by atoms with E-state index in [1.807, 2.05) is 6.92 Å². The molecule has 0 N–H and O–H groups in total. The Balaban J connectivity index is 3.17. The second kappa shape index (κ2) is 4.48. The first kappa shape index (κ1) is 13.1. The van der Waals surface area contributed by atoms with Crippen molar-refractivity contribution in [3.05, 3.63) is 35.5 Å². The van der Waals surface area contributed by atoms with Gasteiger partial charge in [0.25, 0.3) is 0 Å². The smallest absolute Gasteiger partial charge is 0.166 e. The predicted octanol–water partition coefficient (Wildman–Crippen LogP) is 4.80. The summed E-state index contributed by atoms with van der Waals surface area (Å²) in [5, 5.41) is 0. The Bertz CT molecular complexity index is 345. The molecule has 90 valence electrons. The van der Waals surface area contributed by atoms with Gasteiger partial charge in [0.2, 0.25) is 0 Å². The monoisotopic (exact) mass is 230 g/mol. The standard InChI is InChI=1S/C13H17F3/c1-8(2)12(13(14,15)16)11-6-5-9(3)7-10(11)4/h9H,1,4-7H2,2-3H3/b12-11+. The van der Waals surface area contributed by atoms with Gasteiger partial charge in [-0.15, -0.1) is 0 Å². The van der Waals surface area contributed by atoms with E-state index in [4.69, 9.17) is 0 Å². The maximum absolute atomic E-state index is 12.9. The van der Waals surface area contributed by atoms with Crippen molar-refractivity contribution < 1.29 is 13.2 Å². The SMILES string of the molecule is C=C1CC(C)CC/C1=C(/C(=C)C)C(F)(F)F. The van der Waals surface area contributed by atoms with E-state index >= 15 is 0 Å². The van der Waals surface area contributed by atoms with Crippen molar-refractivity contribution in [2.75, 3.05) is 0 Å². The summed E-state index contributed by atoms with van der Waals surface area (Å²) in [7, 11) is 0. The molecule has 16 heavy (non-hydrogen) atoms. The third kappa shape index (κ3) is 2.77. The molecular weight excluding hydrogens is 213 g/mol. The molecule has 0 bridgehead atoms. The lowest BCUT2D eigenvalue weighted by Gasteiger charge is -2.27. The predicted molar refractivity (Wildman–Crippen MR) is 60.1 cm³/mol. The highest BCUT2D eigenvalue weighted by atomic mass is 19.4. The van der Waals surface area contributed by atoms with E-state index in [0.29, 0.717) is 29.9 Å². The number of halogens is 3. The average Bonchev–Trinajstić information content (AvgIpc) is 2.06. The molecule has 0 aromatic carbocycles. The van der Waals surface area contributed by atoms with Gasteiger partial charge in [-0.1, -0.05) is 25.7 Å². The normalized spacial score (nSPS) is 25.6. The summed E-state index contributed by atoms with van der Waals surface area (Å²) in [5.74, 6) is 0.427. The zero-order chi connectivity index (χ0) is 12.5. The lowest BCUT2D eigenvalue weighted by atomic mass is 9.80. The molecule has 1 atom stereocenters. The molecule has 0 aliphatic heterocycles. The van der Waals surface area contributed by atoms with Gasteiger partial charge in [-0.2, -0.15) is 13.2 Å². The van der Waals surface area contributed by atoms with Crippen LogP contribution in [0.5, 0.6) is 0 Å². The van der Waals surface area contributed by atoms with E-state index < -0.39 is 11.7 Å². The molecule has 0 heterocycles. The van der Waals surface area contributed by atoms with Crippen molar-refractivity contribution in [1.82, 2.24) is 0 Å². The molecule has 1 saturated carbocycles. The largest absolute Gasteiger partial charge is 0.416 e. The van der Waals surface area contributed by atoms with Crippen LogP contribution in [-0.2, 0) is 0 Å². The van der Waals surface area contributed by atoms with Gasteiger partial charge in [0.05, 0.1) is 5.57 Å². The van der Waals surface area contributed by atoms with Gasteiger partial charge in [-0.3, -0.25) is 0 Å². The number of hydrogen-bond donors (Lipinski definition) is 0. The van der Waals surface area contributed by atoms with E-state index in [2.05, 4.69) is 13.2 Å². The summed E-state index contributed by atoms with van der Waals surface area (Å²) >= 11 is 0. The number of allylic oxidation sites excluding steroid dienone is 4. The van der Waals surface area contributed by atoms with Crippen LogP contribution in [0.1, 0.15) is 33.1 Å². The lowest BCUT2D eigenvalue weighted by molar-refractivity contribution is -0.0902. The summed E-state index contributed by atoms with van der Waals surface area (Å²) in [5.41, 5.74) is 0.495. The van der Waals surface area contributed by atoms with Crippen LogP contribution >= 0.6 is 0 Å². The zero-order valence-corrected chi connectivity index (χ0v) is 9.75. The maximum Gasteiger partial charge on any atom is 0.416 e. The van der Waals surface area contributed by atoms with Crippen LogP contribution in [0.15, 0.2) is 35.5 Å². The Morgan fingerprint density at radius 3 is 2.31 bits per heavy atom. The highest BCUT2D eigenvalue weighted by Crippen LogP contribution is 2.41. The molecular formula is C13H17F3. The van der Waals surface area contributed by atoms with Crippen molar-refractivity contribution in [3.8, 4) is 0 Å². The van der Waals surface area contributed by atoms with Crippen LogP contribution in [-0.4, -0.2) is 6.18 Å². The van der Waals surface area contributed by atoms with Crippen LogP contribution in [0, 0.1) is 5.92 Å². The summed E-state index contributed by atoms with van der Waals surface area (Å²) in [6.45, 7) is 10.6. The van der Waals surface area contributed by atoms with Crippen molar-refractivity contribution in [3.63, 3.8) is 0 Å². The Hall–Kier alpha value is -0.990. The Morgan fingerprint density at radius 1 is 1.38 bits per heavy atom. The molecule has 1 unspecified atom stereocenters. The molecule has 1 aliphatic rings. The Labute approximate surface area is 94.5 Å². The van der Waals surface area contributed by atoms with Gasteiger partial charge in [0.1, 0.15) is 0 Å². The van der Waals surface area contributed by atoms with Crippen molar-refractivity contribution in [1.29, 1.82) is 0 Å². The second-order valence-electron chi connectivity index (χ2n) is 4.58. The molecule has 1 fully saturated rings. The zero-order valence-electron chi connectivity index (χ0n) is 9.75. The molecule has 1 aliphatic carbocycles. The van der Waals surface area contributed by atoms with Crippen LogP contribution in [0.25, 0.3) is 0 Å². The fraction of sp³-hybridized carbons (Fsp3) is 0.538. The van der Waals surface area contributed by atoms with Crippen LogP contribution in [0.4, 0.5) is 13.2 Å². The van der Waals surface area contributed by atoms with Crippen molar-refractivity contribution >= 4 is 0 Å². The minimum absolute atomic E-state index is 0.0817. The van der Waals surface area contributed by atoms with E-state index in [-0.39, 0.29) is 5.57 Å². The van der Waals surface area contributed by atoms with E-state index in [1.165, 1.54) is 6.92 Å². The molecule has 0 aromatic rings. The molecule has 0 saturated heterocycles. The summed E-state index contributed by atoms with van der Waals surface area (Å²) < 4.78 is 38.6. The first-order chi connectivity index (χ1) is 7.23. The van der Waals surface area contributed by atoms with Gasteiger partial charge in [-0.05, 0) is 43.3 Å². The molecule has 3 heteroatoms. The number of alkyl halides is 3. The quantitative estimate of drug-likeness (QED) is 0.607. The number of rotatable bonds is 1. The molecule has 1 rings (SSSR count). The fourth-order valence-corrected chi connectivity index (χ4v) is 2.19. The lowest BCUT2D eigenvalue weighted by Crippen LogP contribution is -2.19. The molecule has 0 aromatic heterocycles. The van der Waals surface area contributed by atoms with Gasteiger partial charge < -0.3 is 0 Å². The Kier molecular flexibility index (Phi) is 3.66. The Morgan fingerprint density at radius 2 is 1.94 bits per heavy atom. The summed E-state index contributed by atoms with van der Waals surface area (Å²) in [4.78, 5) is 0. The highest BCUT2D eigenvalue weighted by Gasteiger charge is 2.37. The van der Waals surface area contributed by atoms with Crippen molar-refractivity contribution in [2.24, 2.45) is 5.92 Å². The molecule has 0 amide bonds. The van der Waals surface area contributed by atoms with Crippen LogP contribution < -0.4 is 0 Å². The molecule has 0 nitrogen and oxygen atoms in total. The van der Waals surface area contributed by atoms with Gasteiger partial charge in [-0.25, -0.2) is 0 Å². The van der Waals surface area contributed by atoms with Gasteiger partial charge >= 0.3 is 6.18 Å². The minimum atomic E-state index is -4.31. The molecule has 0 spiro atoms. The fourth-order valence-electron chi connectivity index (χ4n) is 2.19. The average molecular weight is 230 g/mol. The first-order valence-electron chi connectivity index (χ1n) is 5.38. The van der Waals surface area contributed by atoms with E-state index in [1.54, 1.807) is 0 Å². The molecule has 0 radical (unpaired) electrons. The highest BCUT2D eigenvalue weighted by molar-refractivity contribution is 5.45. The van der Waals surface area contributed by atoms with Crippen LogP contribution in [0.2, 0.25) is 0 Å². The van der Waals surface area contributed by atoms with E-state index in [0.717, 1.165) is 6.42 Å². The first-order valence-corrected chi connectivity index (χ1v) is 5.38. The second-order valence-corrected chi connectivity index (χ2v) is 4.58. The van der Waals surface area contributed by atoms with Gasteiger partial charge in [0, 0.05) is 0 Å². The summed E-state index contributed by atoms with van der Waals surface area (Å²) in [6.07, 6.45) is -2.41. The van der Waals surface area contributed by atoms with E-state index in [9.17, 15) is 13.2 Å². The third-order valence-corrected chi connectivity index (χ3v) is 2.92. The van der Waals surface area contributed by atoms with Crippen molar-refractivity contribution in [2.45, 2.75) is 39.3 Å². The minimum Gasteiger partial charge on any atom is -0.166 e. The number of hydrogen-bond acceptors (Lipinski definition) is 0. The third-order valence-electron chi connectivity index (χ3n) is 2.92.